The summed E-state index contributed by atoms with van der Waals surface area (Å²) in [7, 11) is 0. The van der Waals surface area contributed by atoms with Crippen LogP contribution in [-0.4, -0.2) is 23.4 Å². The molecule has 1 aromatic rings. The molecule has 0 aliphatic rings. The molecular formula is C15H21NO3. The Morgan fingerprint density at radius 3 is 2.32 bits per heavy atom. The normalized spacial score (nSPS) is 12.1. The Bertz CT molecular complexity index is 426. The average molecular weight is 263 g/mol. The van der Waals surface area contributed by atoms with E-state index in [1.807, 2.05) is 0 Å². The molecule has 0 saturated carbocycles. The van der Waals surface area contributed by atoms with E-state index < -0.39 is 11.9 Å². The monoisotopic (exact) mass is 263 g/mol. The molecule has 0 heterocycles. The highest BCUT2D eigenvalue weighted by atomic mass is 16.4. The Kier molecular flexibility index (Phi) is 6.22. The predicted octanol–water partition coefficient (Wildman–Crippen LogP) is 2.58. The average Bonchev–Trinajstić information content (AvgIpc) is 2.42. The lowest BCUT2D eigenvalue weighted by molar-refractivity contribution is -0.138. The molecule has 1 rings (SSSR count). The van der Waals surface area contributed by atoms with Crippen molar-refractivity contribution in [2.24, 2.45) is 5.73 Å². The number of carboxylic acids is 1. The van der Waals surface area contributed by atoms with Crippen molar-refractivity contribution in [1.29, 1.82) is 0 Å². The first-order valence-electron chi connectivity index (χ1n) is 6.62. The van der Waals surface area contributed by atoms with Gasteiger partial charge in [0.05, 0.1) is 5.92 Å². The fraction of sp³-hybridized carbons (Fsp3) is 0.467. The van der Waals surface area contributed by atoms with Gasteiger partial charge in [-0.3, -0.25) is 9.59 Å². The van der Waals surface area contributed by atoms with Gasteiger partial charge in [0, 0.05) is 12.0 Å². The summed E-state index contributed by atoms with van der Waals surface area (Å²) in [5.74, 6) is -1.30. The standard InChI is InChI=1S/C15H21NO3/c1-11(15(18)19)12-6-8-13(9-7-12)14(17)5-3-2-4-10-16/h6-9,11H,2-5,10,16H2,1H3,(H,18,19). The third kappa shape index (κ3) is 4.83. The minimum atomic E-state index is -0.860. The van der Waals surface area contributed by atoms with Crippen LogP contribution in [-0.2, 0) is 4.79 Å². The van der Waals surface area contributed by atoms with E-state index >= 15 is 0 Å². The Balaban J connectivity index is 2.56. The first kappa shape index (κ1) is 15.4. The van der Waals surface area contributed by atoms with Crippen molar-refractivity contribution in [3.63, 3.8) is 0 Å². The number of hydrogen-bond donors (Lipinski definition) is 2. The van der Waals surface area contributed by atoms with Crippen LogP contribution >= 0.6 is 0 Å². The Hall–Kier alpha value is -1.68. The highest BCUT2D eigenvalue weighted by Gasteiger charge is 2.14. The lowest BCUT2D eigenvalue weighted by Crippen LogP contribution is -2.08. The van der Waals surface area contributed by atoms with Gasteiger partial charge in [0.15, 0.2) is 5.78 Å². The summed E-state index contributed by atoms with van der Waals surface area (Å²) < 4.78 is 0. The molecule has 0 aliphatic heterocycles. The number of benzene rings is 1. The van der Waals surface area contributed by atoms with Crippen molar-refractivity contribution < 1.29 is 14.7 Å². The van der Waals surface area contributed by atoms with E-state index in [0.29, 0.717) is 24.1 Å². The minimum Gasteiger partial charge on any atom is -0.481 e. The molecule has 0 amide bonds. The highest BCUT2D eigenvalue weighted by molar-refractivity contribution is 5.96. The Morgan fingerprint density at radius 1 is 1.16 bits per heavy atom. The van der Waals surface area contributed by atoms with Gasteiger partial charge in [-0.05, 0) is 31.9 Å². The number of carbonyl (C=O) groups excluding carboxylic acids is 1. The molecule has 0 aromatic heterocycles. The maximum Gasteiger partial charge on any atom is 0.310 e. The quantitative estimate of drug-likeness (QED) is 0.558. The van der Waals surface area contributed by atoms with Gasteiger partial charge in [-0.15, -0.1) is 0 Å². The van der Waals surface area contributed by atoms with Crippen LogP contribution in [0.3, 0.4) is 0 Å². The van der Waals surface area contributed by atoms with Crippen molar-refractivity contribution >= 4 is 11.8 Å². The number of ketones is 1. The lowest BCUT2D eigenvalue weighted by atomic mass is 9.98. The number of carbonyl (C=O) groups is 2. The molecule has 1 aromatic carbocycles. The number of unbranched alkanes of at least 4 members (excludes halogenated alkanes) is 2. The number of carboxylic acid groups (broad SMARTS) is 1. The van der Waals surface area contributed by atoms with Gasteiger partial charge in [-0.25, -0.2) is 0 Å². The minimum absolute atomic E-state index is 0.103. The molecule has 4 heteroatoms. The van der Waals surface area contributed by atoms with Gasteiger partial charge in [0.1, 0.15) is 0 Å². The topological polar surface area (TPSA) is 80.4 Å². The van der Waals surface area contributed by atoms with Crippen molar-refractivity contribution in [3.8, 4) is 0 Å². The van der Waals surface area contributed by atoms with Crippen LogP contribution in [0.15, 0.2) is 24.3 Å². The number of aliphatic carboxylic acids is 1. The van der Waals surface area contributed by atoms with Gasteiger partial charge in [-0.1, -0.05) is 30.7 Å². The second-order valence-corrected chi connectivity index (χ2v) is 4.70. The smallest absolute Gasteiger partial charge is 0.310 e. The van der Waals surface area contributed by atoms with Crippen LogP contribution in [0.1, 0.15) is 54.4 Å². The van der Waals surface area contributed by atoms with Crippen LogP contribution in [0.25, 0.3) is 0 Å². The van der Waals surface area contributed by atoms with Crippen LogP contribution in [0.5, 0.6) is 0 Å². The van der Waals surface area contributed by atoms with Gasteiger partial charge >= 0.3 is 5.97 Å². The molecule has 104 valence electrons. The van der Waals surface area contributed by atoms with E-state index in [2.05, 4.69) is 0 Å². The Morgan fingerprint density at radius 2 is 1.79 bits per heavy atom. The van der Waals surface area contributed by atoms with Crippen LogP contribution in [0.2, 0.25) is 0 Å². The maximum atomic E-state index is 11.9. The molecule has 1 atom stereocenters. The first-order valence-corrected chi connectivity index (χ1v) is 6.62. The number of hydrogen-bond acceptors (Lipinski definition) is 3. The molecule has 0 aliphatic carbocycles. The summed E-state index contributed by atoms with van der Waals surface area (Å²) in [6, 6.07) is 6.85. The number of Topliss-reactive ketones (excluding diaryl/α,β-unsaturated/α-hetero) is 1. The molecule has 4 nitrogen and oxygen atoms in total. The van der Waals surface area contributed by atoms with Gasteiger partial charge in [0.25, 0.3) is 0 Å². The largest absolute Gasteiger partial charge is 0.481 e. The van der Waals surface area contributed by atoms with Crippen LogP contribution in [0, 0.1) is 0 Å². The molecule has 3 N–H and O–H groups in total. The Labute approximate surface area is 113 Å². The molecule has 0 bridgehead atoms. The van der Waals surface area contributed by atoms with E-state index in [1.54, 1.807) is 31.2 Å². The van der Waals surface area contributed by atoms with E-state index in [9.17, 15) is 9.59 Å². The predicted molar refractivity (Wildman–Crippen MR) is 74.3 cm³/mol. The lowest BCUT2D eigenvalue weighted by Gasteiger charge is -2.07. The zero-order valence-corrected chi connectivity index (χ0v) is 11.3. The third-order valence-electron chi connectivity index (χ3n) is 3.21. The summed E-state index contributed by atoms with van der Waals surface area (Å²) in [4.78, 5) is 22.7. The van der Waals surface area contributed by atoms with E-state index in [0.717, 1.165) is 19.3 Å². The third-order valence-corrected chi connectivity index (χ3v) is 3.21. The fourth-order valence-electron chi connectivity index (χ4n) is 1.85. The maximum absolute atomic E-state index is 11.9. The summed E-state index contributed by atoms with van der Waals surface area (Å²) in [6.07, 6.45) is 3.29. The molecule has 0 saturated heterocycles. The fourth-order valence-corrected chi connectivity index (χ4v) is 1.85. The molecular weight excluding hydrogens is 242 g/mol. The van der Waals surface area contributed by atoms with Crippen LogP contribution in [0.4, 0.5) is 0 Å². The van der Waals surface area contributed by atoms with Crippen LogP contribution < -0.4 is 5.73 Å². The molecule has 0 radical (unpaired) electrons. The first-order chi connectivity index (χ1) is 9.06. The van der Waals surface area contributed by atoms with Gasteiger partial charge < -0.3 is 10.8 Å². The van der Waals surface area contributed by atoms with E-state index in [-0.39, 0.29) is 5.78 Å². The zero-order valence-electron chi connectivity index (χ0n) is 11.3. The summed E-state index contributed by atoms with van der Waals surface area (Å²) in [5.41, 5.74) is 6.76. The van der Waals surface area contributed by atoms with Crippen molar-refractivity contribution in [2.45, 2.75) is 38.5 Å². The number of nitrogens with two attached hydrogens (primary N) is 1. The molecule has 0 fully saturated rings. The van der Waals surface area contributed by atoms with Gasteiger partial charge in [0.2, 0.25) is 0 Å². The summed E-state index contributed by atoms with van der Waals surface area (Å²) in [5, 5.41) is 8.90. The highest BCUT2D eigenvalue weighted by Crippen LogP contribution is 2.17. The zero-order chi connectivity index (χ0) is 14.3. The van der Waals surface area contributed by atoms with Crippen molar-refractivity contribution in [3.05, 3.63) is 35.4 Å². The second-order valence-electron chi connectivity index (χ2n) is 4.70. The number of rotatable bonds is 8. The van der Waals surface area contributed by atoms with E-state index in [1.165, 1.54) is 0 Å². The second kappa shape index (κ2) is 7.69. The summed E-state index contributed by atoms with van der Waals surface area (Å²) >= 11 is 0. The molecule has 1 unspecified atom stereocenters. The molecule has 0 spiro atoms. The molecule has 19 heavy (non-hydrogen) atoms. The summed E-state index contributed by atoms with van der Waals surface area (Å²) in [6.45, 7) is 2.29. The SMILES string of the molecule is CC(C(=O)O)c1ccc(C(=O)CCCCCN)cc1. The van der Waals surface area contributed by atoms with Crippen molar-refractivity contribution in [2.75, 3.05) is 6.54 Å². The van der Waals surface area contributed by atoms with Crippen molar-refractivity contribution in [1.82, 2.24) is 0 Å². The van der Waals surface area contributed by atoms with E-state index in [4.69, 9.17) is 10.8 Å². The van der Waals surface area contributed by atoms with Gasteiger partial charge in [-0.2, -0.15) is 0 Å².